The molecule has 5 aliphatic carbocycles. The normalized spacial score (nSPS) is 44.9. The lowest BCUT2D eigenvalue weighted by Gasteiger charge is -2.70. The number of benzene rings is 1. The van der Waals surface area contributed by atoms with Crippen molar-refractivity contribution in [2.75, 3.05) is 5.32 Å². The number of esters is 1. The SMILES string of the molecule is CC(=O)O[C@@H]1CC[C@@]2(C)[C@H](CC[C@]3(C)[C@@H]2C(=O)C=C2[C@H]4C[C@@](C)(C(=O)Nc5ccccc5)CC[C@]4(C)CC[C@@]23C)C1(C)C. The van der Waals surface area contributed by atoms with Crippen LogP contribution in [0.2, 0.25) is 0 Å². The number of carbonyl (C=O) groups excluding carboxylic acids is 3. The second-order valence-corrected chi connectivity index (χ2v) is 17.0. The monoisotopic (exact) mass is 587 g/mol. The van der Waals surface area contributed by atoms with Crippen molar-refractivity contribution in [3.63, 3.8) is 0 Å². The average molecular weight is 588 g/mol. The van der Waals surface area contributed by atoms with Crippen LogP contribution in [-0.2, 0) is 19.1 Å². The molecule has 4 fully saturated rings. The molecule has 1 N–H and O–H groups in total. The van der Waals surface area contributed by atoms with Crippen LogP contribution in [0.1, 0.15) is 113 Å². The van der Waals surface area contributed by atoms with Crippen LogP contribution in [0.25, 0.3) is 0 Å². The molecule has 0 unspecified atom stereocenters. The van der Waals surface area contributed by atoms with Crippen molar-refractivity contribution >= 4 is 23.3 Å². The summed E-state index contributed by atoms with van der Waals surface area (Å²) < 4.78 is 5.87. The van der Waals surface area contributed by atoms with Gasteiger partial charge in [0.15, 0.2) is 5.78 Å². The summed E-state index contributed by atoms with van der Waals surface area (Å²) in [5.74, 6) is 0.667. The predicted octanol–water partition coefficient (Wildman–Crippen LogP) is 8.54. The van der Waals surface area contributed by atoms with E-state index in [9.17, 15) is 14.4 Å². The van der Waals surface area contributed by atoms with Gasteiger partial charge < -0.3 is 10.1 Å². The number of para-hydroxylation sites is 1. The van der Waals surface area contributed by atoms with E-state index in [0.717, 1.165) is 63.5 Å². The number of ether oxygens (including phenoxy) is 1. The van der Waals surface area contributed by atoms with Crippen LogP contribution in [0.3, 0.4) is 0 Å². The van der Waals surface area contributed by atoms with Gasteiger partial charge in [-0.05, 0) is 109 Å². The summed E-state index contributed by atoms with van der Waals surface area (Å²) in [6, 6.07) is 9.78. The lowest BCUT2D eigenvalue weighted by molar-refractivity contribution is -0.210. The van der Waals surface area contributed by atoms with Gasteiger partial charge in [-0.3, -0.25) is 14.4 Å². The van der Waals surface area contributed by atoms with Crippen molar-refractivity contribution in [3.8, 4) is 0 Å². The lowest BCUT2D eigenvalue weighted by atomic mass is 9.33. The minimum Gasteiger partial charge on any atom is -0.462 e. The largest absolute Gasteiger partial charge is 0.462 e. The Balaban J connectivity index is 1.36. The molecule has 0 saturated heterocycles. The van der Waals surface area contributed by atoms with Crippen molar-refractivity contribution < 1.29 is 19.1 Å². The van der Waals surface area contributed by atoms with E-state index in [1.54, 1.807) is 0 Å². The zero-order valence-corrected chi connectivity index (χ0v) is 27.8. The Kier molecular flexibility index (Phi) is 6.96. The number of carbonyl (C=O) groups is 3. The van der Waals surface area contributed by atoms with E-state index in [1.807, 2.05) is 30.3 Å². The zero-order valence-electron chi connectivity index (χ0n) is 27.8. The zero-order chi connectivity index (χ0) is 31.2. The first-order valence-electron chi connectivity index (χ1n) is 16.8. The maximum absolute atomic E-state index is 14.6. The standard InChI is InChI=1S/C38H53NO4/c1-24(40)43-30-15-16-36(6)29(33(30,2)3)14-17-38(8)31(36)28(41)22-26-27-23-35(5,32(42)39-25-12-10-9-11-13-25)19-18-34(27,4)20-21-37(26,38)7/h9-13,22,27,29-31H,14-21,23H2,1-8H3,(H,39,42)/t27-,29-,30-,31-,34-,35+,36+,37+,38-/m1/s1. The number of nitrogens with one attached hydrogen (secondary N) is 1. The average Bonchev–Trinajstić information content (AvgIpc) is 2.93. The first-order chi connectivity index (χ1) is 20.0. The van der Waals surface area contributed by atoms with Crippen LogP contribution in [0.15, 0.2) is 42.0 Å². The van der Waals surface area contributed by atoms with Gasteiger partial charge in [0.1, 0.15) is 6.10 Å². The molecule has 6 rings (SSSR count). The Labute approximate surface area is 259 Å². The number of anilines is 1. The molecule has 0 aromatic heterocycles. The molecule has 0 spiro atoms. The summed E-state index contributed by atoms with van der Waals surface area (Å²) in [4.78, 5) is 40.4. The minimum atomic E-state index is -0.483. The second kappa shape index (κ2) is 9.78. The molecule has 0 heterocycles. The molecule has 5 nitrogen and oxygen atoms in total. The number of hydrogen-bond acceptors (Lipinski definition) is 4. The number of hydrogen-bond donors (Lipinski definition) is 1. The van der Waals surface area contributed by atoms with Crippen molar-refractivity contribution in [1.82, 2.24) is 0 Å². The fourth-order valence-electron chi connectivity index (χ4n) is 11.6. The van der Waals surface area contributed by atoms with Crippen molar-refractivity contribution in [2.45, 2.75) is 119 Å². The van der Waals surface area contributed by atoms with Gasteiger partial charge in [0, 0.05) is 29.4 Å². The highest BCUT2D eigenvalue weighted by atomic mass is 16.5. The van der Waals surface area contributed by atoms with E-state index in [-0.39, 0.29) is 56.9 Å². The molecule has 1 aromatic rings. The van der Waals surface area contributed by atoms with Gasteiger partial charge in [0.05, 0.1) is 0 Å². The molecule has 5 aliphatic rings. The van der Waals surface area contributed by atoms with E-state index in [0.29, 0.717) is 11.7 Å². The second-order valence-electron chi connectivity index (χ2n) is 17.0. The Morgan fingerprint density at radius 2 is 1.53 bits per heavy atom. The van der Waals surface area contributed by atoms with Crippen molar-refractivity contribution in [1.29, 1.82) is 0 Å². The maximum atomic E-state index is 14.6. The molecule has 1 aromatic carbocycles. The smallest absolute Gasteiger partial charge is 0.302 e. The van der Waals surface area contributed by atoms with Crippen LogP contribution in [0.5, 0.6) is 0 Å². The number of fused-ring (bicyclic) bond motifs is 7. The Morgan fingerprint density at radius 3 is 2.21 bits per heavy atom. The third-order valence-electron chi connectivity index (χ3n) is 14.4. The summed E-state index contributed by atoms with van der Waals surface area (Å²) in [6.07, 6.45) is 10.6. The van der Waals surface area contributed by atoms with Crippen LogP contribution in [0.4, 0.5) is 5.69 Å². The van der Waals surface area contributed by atoms with Gasteiger partial charge in [0.25, 0.3) is 0 Å². The molecule has 9 atom stereocenters. The molecular weight excluding hydrogens is 534 g/mol. The fourth-order valence-corrected chi connectivity index (χ4v) is 11.6. The summed E-state index contributed by atoms with van der Waals surface area (Å²) in [5, 5.41) is 3.21. The minimum absolute atomic E-state index is 0.0502. The lowest BCUT2D eigenvalue weighted by Crippen LogP contribution is -2.66. The third kappa shape index (κ3) is 4.33. The molecule has 5 heteroatoms. The van der Waals surface area contributed by atoms with E-state index < -0.39 is 5.41 Å². The van der Waals surface area contributed by atoms with Crippen LogP contribution in [0, 0.1) is 50.2 Å². The van der Waals surface area contributed by atoms with Gasteiger partial charge in [-0.25, -0.2) is 0 Å². The molecular formula is C38H53NO4. The van der Waals surface area contributed by atoms with E-state index in [2.05, 4.69) is 59.9 Å². The van der Waals surface area contributed by atoms with Crippen LogP contribution >= 0.6 is 0 Å². The van der Waals surface area contributed by atoms with E-state index >= 15 is 0 Å². The highest BCUT2D eigenvalue weighted by molar-refractivity contribution is 5.96. The first-order valence-corrected chi connectivity index (χ1v) is 16.8. The van der Waals surface area contributed by atoms with Gasteiger partial charge >= 0.3 is 5.97 Å². The van der Waals surface area contributed by atoms with Gasteiger partial charge in [-0.1, -0.05) is 72.2 Å². The predicted molar refractivity (Wildman–Crippen MR) is 170 cm³/mol. The maximum Gasteiger partial charge on any atom is 0.302 e. The highest BCUT2D eigenvalue weighted by Crippen LogP contribution is 2.75. The Bertz CT molecular complexity index is 1360. The summed E-state index contributed by atoms with van der Waals surface area (Å²) >= 11 is 0. The van der Waals surface area contributed by atoms with E-state index in [1.165, 1.54) is 12.5 Å². The Hall–Kier alpha value is -2.43. The molecule has 0 aliphatic heterocycles. The topological polar surface area (TPSA) is 72.5 Å². The first kappa shape index (κ1) is 30.6. The molecule has 234 valence electrons. The molecule has 43 heavy (non-hydrogen) atoms. The van der Waals surface area contributed by atoms with Gasteiger partial charge in [-0.15, -0.1) is 0 Å². The molecule has 0 radical (unpaired) electrons. The quantitative estimate of drug-likeness (QED) is 0.360. The molecule has 1 amide bonds. The molecule has 0 bridgehead atoms. The summed E-state index contributed by atoms with van der Waals surface area (Å²) in [7, 11) is 0. The number of ketones is 1. The number of allylic oxidation sites excluding steroid dienone is 2. The molecule has 4 saturated carbocycles. The van der Waals surface area contributed by atoms with Crippen molar-refractivity contribution in [2.24, 2.45) is 50.2 Å². The highest BCUT2D eigenvalue weighted by Gasteiger charge is 2.70. The van der Waals surface area contributed by atoms with Gasteiger partial charge in [0.2, 0.25) is 5.91 Å². The Morgan fingerprint density at radius 1 is 0.860 bits per heavy atom. The fraction of sp³-hybridized carbons (Fsp3) is 0.711. The van der Waals surface area contributed by atoms with Crippen molar-refractivity contribution in [3.05, 3.63) is 42.0 Å². The number of amides is 1. The summed E-state index contributed by atoms with van der Waals surface area (Å²) in [6.45, 7) is 17.9. The third-order valence-corrected chi connectivity index (χ3v) is 14.4. The van der Waals surface area contributed by atoms with Crippen LogP contribution < -0.4 is 5.32 Å². The van der Waals surface area contributed by atoms with Crippen LogP contribution in [-0.4, -0.2) is 23.8 Å². The van der Waals surface area contributed by atoms with E-state index in [4.69, 9.17) is 4.74 Å². The number of rotatable bonds is 3. The van der Waals surface area contributed by atoms with Gasteiger partial charge in [-0.2, -0.15) is 0 Å². The summed E-state index contributed by atoms with van der Waals surface area (Å²) in [5.41, 5.74) is 1.22.